The van der Waals surface area contributed by atoms with Crippen molar-refractivity contribution in [2.45, 2.75) is 19.4 Å². The first kappa shape index (κ1) is 9.34. The van der Waals surface area contributed by atoms with Crippen LogP contribution in [0.15, 0.2) is 24.5 Å². The molecule has 0 amide bonds. The molecule has 1 N–H and O–H groups in total. The maximum Gasteiger partial charge on any atom is 0.169 e. The molecule has 1 saturated heterocycles. The molecule has 0 spiro atoms. The topological polar surface area (TPSA) is 42.0 Å². The van der Waals surface area contributed by atoms with E-state index in [4.69, 9.17) is 0 Å². The average Bonchev–Trinajstić information content (AvgIpc) is 2.65. The van der Waals surface area contributed by atoms with Crippen LogP contribution in [0, 0.1) is 5.92 Å². The van der Waals surface area contributed by atoms with Gasteiger partial charge in [0, 0.05) is 29.9 Å². The minimum absolute atomic E-state index is 0.124. The van der Waals surface area contributed by atoms with E-state index in [2.05, 4.69) is 17.2 Å². The van der Waals surface area contributed by atoms with E-state index in [-0.39, 0.29) is 11.7 Å². The lowest BCUT2D eigenvalue weighted by Gasteiger charge is -2.12. The fourth-order valence-electron chi connectivity index (χ4n) is 1.94. The average molecular weight is 190 g/mol. The number of aromatic nitrogens is 1. The number of hydrogen-bond acceptors (Lipinski definition) is 3. The molecular weight excluding hydrogens is 176 g/mol. The molecule has 2 unspecified atom stereocenters. The predicted molar refractivity (Wildman–Crippen MR) is 54.1 cm³/mol. The zero-order valence-corrected chi connectivity index (χ0v) is 8.23. The minimum atomic E-state index is 0.124. The Hall–Kier alpha value is -1.22. The third-order valence-corrected chi connectivity index (χ3v) is 2.81. The summed E-state index contributed by atoms with van der Waals surface area (Å²) in [6.07, 6.45) is 4.27. The highest BCUT2D eigenvalue weighted by atomic mass is 16.1. The van der Waals surface area contributed by atoms with Crippen LogP contribution in [0.2, 0.25) is 0 Å². The van der Waals surface area contributed by atoms with Crippen molar-refractivity contribution >= 4 is 5.78 Å². The van der Waals surface area contributed by atoms with Gasteiger partial charge in [-0.1, -0.05) is 0 Å². The monoisotopic (exact) mass is 190 g/mol. The molecule has 1 fully saturated rings. The lowest BCUT2D eigenvalue weighted by atomic mass is 9.93. The van der Waals surface area contributed by atoms with Crippen molar-refractivity contribution in [3.8, 4) is 0 Å². The number of Topliss-reactive ketones (excluding diaryl/α,β-unsaturated/α-hetero) is 1. The molecular formula is C11H14N2O. The second-order valence-corrected chi connectivity index (χ2v) is 3.74. The fourth-order valence-corrected chi connectivity index (χ4v) is 1.94. The van der Waals surface area contributed by atoms with Gasteiger partial charge in [-0.3, -0.25) is 9.78 Å². The van der Waals surface area contributed by atoms with Gasteiger partial charge in [-0.15, -0.1) is 0 Å². The van der Waals surface area contributed by atoms with Crippen molar-refractivity contribution < 1.29 is 4.79 Å². The minimum Gasteiger partial charge on any atom is -0.313 e. The molecule has 1 aliphatic heterocycles. The summed E-state index contributed by atoms with van der Waals surface area (Å²) < 4.78 is 0. The molecule has 0 radical (unpaired) electrons. The van der Waals surface area contributed by atoms with Gasteiger partial charge in [0.05, 0.1) is 0 Å². The number of carbonyl (C=O) groups is 1. The first-order valence-corrected chi connectivity index (χ1v) is 4.96. The third-order valence-electron chi connectivity index (χ3n) is 2.81. The summed E-state index contributed by atoms with van der Waals surface area (Å²) in [4.78, 5) is 15.9. The van der Waals surface area contributed by atoms with Crippen LogP contribution in [0.1, 0.15) is 23.7 Å². The van der Waals surface area contributed by atoms with Crippen LogP contribution in [0.5, 0.6) is 0 Å². The van der Waals surface area contributed by atoms with Crippen LogP contribution in [-0.4, -0.2) is 23.4 Å². The SMILES string of the molecule is CC1NCCC1C(=O)c1cccnc1. The van der Waals surface area contributed by atoms with E-state index in [0.29, 0.717) is 6.04 Å². The summed E-state index contributed by atoms with van der Waals surface area (Å²) in [5, 5.41) is 3.28. The first-order chi connectivity index (χ1) is 6.79. The summed E-state index contributed by atoms with van der Waals surface area (Å²) in [5.74, 6) is 0.342. The molecule has 0 aliphatic carbocycles. The Labute approximate surface area is 83.5 Å². The number of nitrogens with one attached hydrogen (secondary N) is 1. The lowest BCUT2D eigenvalue weighted by molar-refractivity contribution is 0.0913. The Kier molecular flexibility index (Phi) is 2.59. The molecule has 0 bridgehead atoms. The zero-order chi connectivity index (χ0) is 9.97. The van der Waals surface area contributed by atoms with E-state index in [1.807, 2.05) is 6.07 Å². The van der Waals surface area contributed by atoms with Crippen LogP contribution >= 0.6 is 0 Å². The van der Waals surface area contributed by atoms with E-state index in [1.165, 1.54) is 0 Å². The quantitative estimate of drug-likeness (QED) is 0.714. The molecule has 2 rings (SSSR count). The highest BCUT2D eigenvalue weighted by Crippen LogP contribution is 2.19. The smallest absolute Gasteiger partial charge is 0.169 e. The first-order valence-electron chi connectivity index (χ1n) is 4.96. The molecule has 0 aromatic carbocycles. The Balaban J connectivity index is 2.16. The maximum absolute atomic E-state index is 12.0. The Bertz CT molecular complexity index is 323. The molecule has 3 heteroatoms. The van der Waals surface area contributed by atoms with Crippen molar-refractivity contribution in [2.75, 3.05) is 6.54 Å². The summed E-state index contributed by atoms with van der Waals surface area (Å²) in [5.41, 5.74) is 0.730. The summed E-state index contributed by atoms with van der Waals surface area (Å²) in [6, 6.07) is 3.93. The van der Waals surface area contributed by atoms with E-state index in [1.54, 1.807) is 18.5 Å². The standard InChI is InChI=1S/C11H14N2O/c1-8-10(4-6-13-8)11(14)9-3-2-5-12-7-9/h2-3,5,7-8,10,13H,4,6H2,1H3. The number of hydrogen-bond donors (Lipinski definition) is 1. The molecule has 74 valence electrons. The van der Waals surface area contributed by atoms with Crippen LogP contribution < -0.4 is 5.32 Å². The number of pyridine rings is 1. The number of carbonyl (C=O) groups excluding carboxylic acids is 1. The molecule has 3 nitrogen and oxygen atoms in total. The van der Waals surface area contributed by atoms with Gasteiger partial charge in [0.2, 0.25) is 0 Å². The summed E-state index contributed by atoms with van der Waals surface area (Å²) >= 11 is 0. The Morgan fingerprint density at radius 3 is 3.07 bits per heavy atom. The number of rotatable bonds is 2. The summed E-state index contributed by atoms with van der Waals surface area (Å²) in [7, 11) is 0. The molecule has 1 aromatic heterocycles. The normalized spacial score (nSPS) is 26.4. The van der Waals surface area contributed by atoms with Gasteiger partial charge in [-0.05, 0) is 32.0 Å². The van der Waals surface area contributed by atoms with Gasteiger partial charge < -0.3 is 5.32 Å². The van der Waals surface area contributed by atoms with Gasteiger partial charge in [0.15, 0.2) is 5.78 Å². The highest BCUT2D eigenvalue weighted by molar-refractivity contribution is 5.98. The second-order valence-electron chi connectivity index (χ2n) is 3.74. The third kappa shape index (κ3) is 1.68. The molecule has 1 aliphatic rings. The van der Waals surface area contributed by atoms with Gasteiger partial charge in [-0.25, -0.2) is 0 Å². The molecule has 1 aromatic rings. The van der Waals surface area contributed by atoms with Crippen molar-refractivity contribution in [2.24, 2.45) is 5.92 Å². The van der Waals surface area contributed by atoms with E-state index in [9.17, 15) is 4.79 Å². The summed E-state index contributed by atoms with van der Waals surface area (Å²) in [6.45, 7) is 3.00. The highest BCUT2D eigenvalue weighted by Gasteiger charge is 2.29. The van der Waals surface area contributed by atoms with Gasteiger partial charge in [0.25, 0.3) is 0 Å². The van der Waals surface area contributed by atoms with Crippen LogP contribution in [-0.2, 0) is 0 Å². The zero-order valence-electron chi connectivity index (χ0n) is 8.23. The second kappa shape index (κ2) is 3.88. The van der Waals surface area contributed by atoms with Crippen LogP contribution in [0.4, 0.5) is 0 Å². The predicted octanol–water partition coefficient (Wildman–Crippen LogP) is 1.26. The molecule has 2 atom stereocenters. The molecule has 2 heterocycles. The van der Waals surface area contributed by atoms with Gasteiger partial charge >= 0.3 is 0 Å². The maximum atomic E-state index is 12.0. The number of ketones is 1. The van der Waals surface area contributed by atoms with E-state index < -0.39 is 0 Å². The largest absolute Gasteiger partial charge is 0.313 e. The van der Waals surface area contributed by atoms with Crippen molar-refractivity contribution in [3.63, 3.8) is 0 Å². The van der Waals surface area contributed by atoms with Crippen LogP contribution in [0.3, 0.4) is 0 Å². The fraction of sp³-hybridized carbons (Fsp3) is 0.455. The van der Waals surface area contributed by atoms with E-state index in [0.717, 1.165) is 18.5 Å². The van der Waals surface area contributed by atoms with Gasteiger partial charge in [0.1, 0.15) is 0 Å². The van der Waals surface area contributed by atoms with Crippen molar-refractivity contribution in [1.82, 2.24) is 10.3 Å². The van der Waals surface area contributed by atoms with Gasteiger partial charge in [-0.2, -0.15) is 0 Å². The van der Waals surface area contributed by atoms with E-state index >= 15 is 0 Å². The molecule has 14 heavy (non-hydrogen) atoms. The lowest BCUT2D eigenvalue weighted by Crippen LogP contribution is -2.28. The van der Waals surface area contributed by atoms with Crippen LogP contribution in [0.25, 0.3) is 0 Å². The number of nitrogens with zero attached hydrogens (tertiary/aromatic N) is 1. The Morgan fingerprint density at radius 2 is 2.50 bits per heavy atom. The molecule has 0 saturated carbocycles. The Morgan fingerprint density at radius 1 is 1.64 bits per heavy atom. The van der Waals surface area contributed by atoms with Crippen molar-refractivity contribution in [3.05, 3.63) is 30.1 Å². The van der Waals surface area contributed by atoms with Crippen molar-refractivity contribution in [1.29, 1.82) is 0 Å².